The minimum atomic E-state index is -0.268. The second-order valence-electron chi connectivity index (χ2n) is 8.38. The van der Waals surface area contributed by atoms with E-state index < -0.39 is 0 Å². The van der Waals surface area contributed by atoms with Gasteiger partial charge in [-0.25, -0.2) is 15.2 Å². The Hall–Kier alpha value is -3.16. The van der Waals surface area contributed by atoms with Crippen LogP contribution in [-0.4, -0.2) is 17.6 Å². The van der Waals surface area contributed by atoms with E-state index in [1.165, 1.54) is 38.2 Å². The summed E-state index contributed by atoms with van der Waals surface area (Å²) >= 11 is 0. The van der Waals surface area contributed by atoms with Gasteiger partial charge in [0.15, 0.2) is 5.82 Å². The highest BCUT2D eigenvalue weighted by molar-refractivity contribution is 5.70. The molecular weight excluding hydrogens is 415 g/mol. The first-order chi connectivity index (χ1) is 16.1. The van der Waals surface area contributed by atoms with Crippen molar-refractivity contribution in [1.82, 2.24) is 10.3 Å². The summed E-state index contributed by atoms with van der Waals surface area (Å²) in [6.45, 7) is 0.818. The SMILES string of the molecule is NNc1nc(N)cc(C(CCNC2CCCCC2)c2cccc(F)c2)c1N.c1ccccc1. The first-order valence-corrected chi connectivity index (χ1v) is 11.6. The molecule has 3 aromatic rings. The van der Waals surface area contributed by atoms with Gasteiger partial charge in [0.2, 0.25) is 0 Å². The average molecular weight is 451 g/mol. The van der Waals surface area contributed by atoms with Gasteiger partial charge < -0.3 is 22.2 Å². The van der Waals surface area contributed by atoms with Gasteiger partial charge in [0.1, 0.15) is 11.6 Å². The molecule has 1 saturated carbocycles. The summed E-state index contributed by atoms with van der Waals surface area (Å²) in [4.78, 5) is 4.13. The van der Waals surface area contributed by atoms with E-state index >= 15 is 0 Å². The maximum atomic E-state index is 13.9. The molecule has 8 N–H and O–H groups in total. The van der Waals surface area contributed by atoms with Crippen molar-refractivity contribution in [2.75, 3.05) is 23.4 Å². The van der Waals surface area contributed by atoms with Crippen molar-refractivity contribution in [3.8, 4) is 0 Å². The molecule has 0 radical (unpaired) electrons. The highest BCUT2D eigenvalue weighted by Crippen LogP contribution is 2.36. The zero-order chi connectivity index (χ0) is 23.5. The first kappa shape index (κ1) is 24.5. The van der Waals surface area contributed by atoms with Crippen molar-refractivity contribution < 1.29 is 4.39 Å². The quantitative estimate of drug-likeness (QED) is 0.261. The lowest BCUT2D eigenvalue weighted by molar-refractivity contribution is 0.370. The molecule has 1 unspecified atom stereocenters. The topological polar surface area (TPSA) is 115 Å². The third-order valence-electron chi connectivity index (χ3n) is 6.01. The van der Waals surface area contributed by atoms with Crippen LogP contribution in [0.3, 0.4) is 0 Å². The van der Waals surface area contributed by atoms with E-state index in [2.05, 4.69) is 15.7 Å². The first-order valence-electron chi connectivity index (χ1n) is 11.6. The van der Waals surface area contributed by atoms with Gasteiger partial charge in [-0.3, -0.25) is 0 Å². The van der Waals surface area contributed by atoms with Crippen LogP contribution in [0.1, 0.15) is 55.6 Å². The number of nitrogens with two attached hydrogens (primary N) is 3. The molecule has 0 aliphatic heterocycles. The molecule has 0 amide bonds. The van der Waals surface area contributed by atoms with Crippen molar-refractivity contribution in [3.63, 3.8) is 0 Å². The number of nitrogens with zero attached hydrogens (tertiary/aromatic N) is 1. The second-order valence-corrected chi connectivity index (χ2v) is 8.38. The second kappa shape index (κ2) is 12.8. The Labute approximate surface area is 195 Å². The van der Waals surface area contributed by atoms with Gasteiger partial charge in [0.25, 0.3) is 0 Å². The van der Waals surface area contributed by atoms with Crippen LogP contribution < -0.4 is 28.1 Å². The average Bonchev–Trinajstić information content (AvgIpc) is 2.85. The molecule has 4 rings (SSSR count). The van der Waals surface area contributed by atoms with Crippen LogP contribution >= 0.6 is 0 Å². The molecule has 0 saturated heterocycles. The number of nitrogen functional groups attached to an aromatic ring is 3. The predicted molar refractivity (Wildman–Crippen MR) is 135 cm³/mol. The van der Waals surface area contributed by atoms with Crippen LogP contribution in [0.15, 0.2) is 66.7 Å². The van der Waals surface area contributed by atoms with Gasteiger partial charge in [-0.15, -0.1) is 0 Å². The van der Waals surface area contributed by atoms with Crippen LogP contribution in [0, 0.1) is 5.82 Å². The number of hydrazine groups is 1. The van der Waals surface area contributed by atoms with Crippen LogP contribution in [0.5, 0.6) is 0 Å². The summed E-state index contributed by atoms with van der Waals surface area (Å²) in [7, 11) is 0. The standard InChI is InChI=1S/C20H29FN6.C6H6/c21-14-6-4-5-13(11-14)16(9-10-25-15-7-2-1-3-8-15)17-12-18(22)26-20(27-24)19(17)23;1-2-4-6-5-3-1/h4-6,11-12,15-16,25H,1-3,7-10,23-24H2,(H3,22,26,27);1-6H. The van der Waals surface area contributed by atoms with E-state index in [1.54, 1.807) is 18.2 Å². The Morgan fingerprint density at radius 2 is 1.61 bits per heavy atom. The third kappa shape index (κ3) is 7.44. The Kier molecular flexibility index (Phi) is 9.47. The van der Waals surface area contributed by atoms with E-state index in [1.807, 2.05) is 42.5 Å². The molecule has 1 aliphatic carbocycles. The summed E-state index contributed by atoms with van der Waals surface area (Å²) in [5.74, 6) is 5.83. The van der Waals surface area contributed by atoms with E-state index in [-0.39, 0.29) is 11.7 Å². The van der Waals surface area contributed by atoms with Gasteiger partial charge in [0, 0.05) is 12.0 Å². The summed E-state index contributed by atoms with van der Waals surface area (Å²) in [5.41, 5.74) is 16.8. The van der Waals surface area contributed by atoms with Crippen LogP contribution in [-0.2, 0) is 0 Å². The van der Waals surface area contributed by atoms with E-state index in [9.17, 15) is 4.39 Å². The van der Waals surface area contributed by atoms with Gasteiger partial charge in [-0.2, -0.15) is 0 Å². The number of pyridine rings is 1. The minimum absolute atomic E-state index is 0.103. The molecule has 0 spiro atoms. The zero-order valence-electron chi connectivity index (χ0n) is 19.0. The maximum absolute atomic E-state index is 13.9. The van der Waals surface area contributed by atoms with Gasteiger partial charge >= 0.3 is 0 Å². The minimum Gasteiger partial charge on any atom is -0.395 e. The molecule has 1 heterocycles. The smallest absolute Gasteiger partial charge is 0.165 e. The van der Waals surface area contributed by atoms with Gasteiger partial charge in [-0.1, -0.05) is 67.8 Å². The highest BCUT2D eigenvalue weighted by Gasteiger charge is 2.21. The summed E-state index contributed by atoms with van der Waals surface area (Å²) < 4.78 is 13.9. The molecule has 1 aromatic heterocycles. The van der Waals surface area contributed by atoms with Crippen LogP contribution in [0.4, 0.5) is 21.7 Å². The molecule has 7 heteroatoms. The van der Waals surface area contributed by atoms with Crippen LogP contribution in [0.2, 0.25) is 0 Å². The number of hydrogen-bond donors (Lipinski definition) is 5. The van der Waals surface area contributed by atoms with Crippen molar-refractivity contribution in [2.24, 2.45) is 5.84 Å². The summed E-state index contributed by atoms with van der Waals surface area (Å²) in [6.07, 6.45) is 7.10. The molecule has 1 fully saturated rings. The molecule has 2 aromatic carbocycles. The third-order valence-corrected chi connectivity index (χ3v) is 6.01. The lowest BCUT2D eigenvalue weighted by Gasteiger charge is -2.25. The number of benzene rings is 2. The lowest BCUT2D eigenvalue weighted by atomic mass is 9.87. The summed E-state index contributed by atoms with van der Waals surface area (Å²) in [5, 5.41) is 3.65. The molecule has 0 bridgehead atoms. The Morgan fingerprint density at radius 1 is 0.939 bits per heavy atom. The van der Waals surface area contributed by atoms with Crippen molar-refractivity contribution >= 4 is 17.3 Å². The maximum Gasteiger partial charge on any atom is 0.165 e. The number of halogens is 1. The summed E-state index contributed by atoms with van der Waals surface area (Å²) in [6, 6.07) is 20.9. The van der Waals surface area contributed by atoms with Gasteiger partial charge in [-0.05, 0) is 55.1 Å². The van der Waals surface area contributed by atoms with E-state index in [0.29, 0.717) is 23.4 Å². The highest BCUT2D eigenvalue weighted by atomic mass is 19.1. The predicted octanol–water partition coefficient (Wildman–Crippen LogP) is 4.80. The van der Waals surface area contributed by atoms with Crippen molar-refractivity contribution in [2.45, 2.75) is 50.5 Å². The Balaban J connectivity index is 0.000000442. The lowest BCUT2D eigenvalue weighted by Crippen LogP contribution is -2.32. The normalized spacial score (nSPS) is 14.7. The van der Waals surface area contributed by atoms with E-state index in [0.717, 1.165) is 24.1 Å². The van der Waals surface area contributed by atoms with E-state index in [4.69, 9.17) is 17.3 Å². The Bertz CT molecular complexity index is 949. The number of rotatable bonds is 7. The molecule has 6 nitrogen and oxygen atoms in total. The fourth-order valence-electron chi connectivity index (χ4n) is 4.34. The van der Waals surface area contributed by atoms with Gasteiger partial charge in [0.05, 0.1) is 5.69 Å². The number of aromatic nitrogens is 1. The number of nitrogens with one attached hydrogen (secondary N) is 2. The molecule has 1 aliphatic rings. The fraction of sp³-hybridized carbons (Fsp3) is 0.346. The van der Waals surface area contributed by atoms with Crippen molar-refractivity contribution in [1.29, 1.82) is 0 Å². The number of hydrogen-bond acceptors (Lipinski definition) is 6. The van der Waals surface area contributed by atoms with Crippen molar-refractivity contribution in [3.05, 3.63) is 83.7 Å². The molecular formula is C26H35FN6. The fourth-order valence-corrected chi connectivity index (χ4v) is 4.34. The number of anilines is 3. The van der Waals surface area contributed by atoms with Crippen LogP contribution in [0.25, 0.3) is 0 Å². The molecule has 176 valence electrons. The molecule has 33 heavy (non-hydrogen) atoms. The Morgan fingerprint density at radius 3 is 2.21 bits per heavy atom. The largest absolute Gasteiger partial charge is 0.395 e. The monoisotopic (exact) mass is 450 g/mol. The zero-order valence-corrected chi connectivity index (χ0v) is 19.0. The molecule has 1 atom stereocenters.